The van der Waals surface area contributed by atoms with Crippen molar-refractivity contribution in [2.45, 2.75) is 6.18 Å². The highest BCUT2D eigenvalue weighted by Crippen LogP contribution is 2.43. The molecule has 3 aromatic rings. The Kier molecular flexibility index (Phi) is 6.05. The molecule has 0 radical (unpaired) electrons. The standard InChI is InChI=1S/C22H18F3O2P/c23-22(24,25)17-27-21(26)16-28(18-10-4-1-5-11-18,19-12-6-2-7-13-19)20-14-8-3-9-15-20/h1-16H,17H2. The fourth-order valence-electron chi connectivity index (χ4n) is 3.01. The van der Waals surface area contributed by atoms with Gasteiger partial charge in [0.25, 0.3) is 0 Å². The Bertz CT molecular complexity index is 866. The SMILES string of the molecule is O=C(C=P(c1ccccc1)(c1ccccc1)c1ccccc1)OCC(F)(F)F. The fraction of sp³-hybridized carbons (Fsp3) is 0.0909. The lowest BCUT2D eigenvalue weighted by molar-refractivity contribution is -0.180. The Labute approximate surface area is 161 Å². The minimum atomic E-state index is -4.57. The Morgan fingerprint density at radius 2 is 1.11 bits per heavy atom. The van der Waals surface area contributed by atoms with Crippen LogP contribution in [-0.4, -0.2) is 24.5 Å². The van der Waals surface area contributed by atoms with Gasteiger partial charge in [-0.2, -0.15) is 13.2 Å². The smallest absolute Gasteiger partial charge is 0.422 e. The maximum atomic E-state index is 12.5. The Morgan fingerprint density at radius 3 is 1.43 bits per heavy atom. The summed E-state index contributed by atoms with van der Waals surface area (Å²) in [5.74, 6) is 0.348. The van der Waals surface area contributed by atoms with Gasteiger partial charge in [0.15, 0.2) is 6.61 Å². The number of ether oxygens (including phenoxy) is 1. The third-order valence-electron chi connectivity index (χ3n) is 4.17. The second-order valence-corrected chi connectivity index (χ2v) is 9.33. The molecule has 0 fully saturated rings. The zero-order chi connectivity index (χ0) is 20.0. The molecule has 0 saturated heterocycles. The average Bonchev–Trinajstić information content (AvgIpc) is 2.72. The van der Waals surface area contributed by atoms with Gasteiger partial charge in [-0.3, -0.25) is 0 Å². The first-order valence-corrected chi connectivity index (χ1v) is 10.4. The molecule has 0 aliphatic carbocycles. The van der Waals surface area contributed by atoms with Gasteiger partial charge in [-0.15, -0.1) is 0 Å². The minimum Gasteiger partial charge on any atom is -0.453 e. The third kappa shape index (κ3) is 4.55. The summed E-state index contributed by atoms with van der Waals surface area (Å²) < 4.78 is 42.1. The van der Waals surface area contributed by atoms with Gasteiger partial charge in [0.05, 0.1) is 0 Å². The molecule has 0 saturated carbocycles. The van der Waals surface area contributed by atoms with Crippen LogP contribution in [0.5, 0.6) is 0 Å². The van der Waals surface area contributed by atoms with E-state index in [2.05, 4.69) is 4.74 Å². The first-order chi connectivity index (χ1) is 13.4. The monoisotopic (exact) mass is 402 g/mol. The lowest BCUT2D eigenvalue weighted by Gasteiger charge is -2.28. The summed E-state index contributed by atoms with van der Waals surface area (Å²) in [5, 5.41) is 2.57. The molecular weight excluding hydrogens is 384 g/mol. The fourth-order valence-corrected chi connectivity index (χ4v) is 6.67. The predicted octanol–water partition coefficient (Wildman–Crippen LogP) is 3.89. The minimum absolute atomic E-state index is 0.858. The molecule has 6 heteroatoms. The van der Waals surface area contributed by atoms with Crippen LogP contribution >= 0.6 is 6.89 Å². The topological polar surface area (TPSA) is 26.3 Å². The van der Waals surface area contributed by atoms with Crippen molar-refractivity contribution in [2.24, 2.45) is 0 Å². The third-order valence-corrected chi connectivity index (χ3v) is 8.10. The quantitative estimate of drug-likeness (QED) is 0.478. The molecule has 0 atom stereocenters. The molecule has 0 heterocycles. The summed E-state index contributed by atoms with van der Waals surface area (Å²) in [7, 11) is 0. The van der Waals surface area contributed by atoms with E-state index in [-0.39, 0.29) is 0 Å². The van der Waals surface area contributed by atoms with Crippen molar-refractivity contribution >= 4 is 34.6 Å². The number of halogens is 3. The van der Waals surface area contributed by atoms with Crippen LogP contribution in [0.3, 0.4) is 0 Å². The molecule has 144 valence electrons. The zero-order valence-electron chi connectivity index (χ0n) is 14.8. The zero-order valence-corrected chi connectivity index (χ0v) is 15.7. The van der Waals surface area contributed by atoms with E-state index in [1.165, 1.54) is 5.80 Å². The number of alkyl halides is 3. The first kappa shape index (κ1) is 20.0. The van der Waals surface area contributed by atoms with E-state index in [0.717, 1.165) is 15.9 Å². The van der Waals surface area contributed by atoms with Crippen LogP contribution < -0.4 is 15.9 Å². The molecule has 0 spiro atoms. The molecule has 0 bridgehead atoms. The van der Waals surface area contributed by atoms with Crippen molar-refractivity contribution in [3.05, 3.63) is 91.0 Å². The van der Waals surface area contributed by atoms with E-state index in [9.17, 15) is 18.0 Å². The van der Waals surface area contributed by atoms with Gasteiger partial charge in [0.1, 0.15) is 0 Å². The maximum Gasteiger partial charge on any atom is 0.422 e. The van der Waals surface area contributed by atoms with Crippen LogP contribution in [0.1, 0.15) is 0 Å². The summed E-state index contributed by atoms with van der Waals surface area (Å²) in [4.78, 5) is 12.5. The average molecular weight is 402 g/mol. The van der Waals surface area contributed by atoms with Gasteiger partial charge >= 0.3 is 12.1 Å². The number of hydrogen-bond acceptors (Lipinski definition) is 2. The number of benzene rings is 3. The molecular formula is C22H18F3O2P. The lowest BCUT2D eigenvalue weighted by Crippen LogP contribution is -2.30. The molecule has 0 unspecified atom stereocenters. The van der Waals surface area contributed by atoms with Gasteiger partial charge in [-0.1, -0.05) is 91.0 Å². The molecule has 28 heavy (non-hydrogen) atoms. The molecule has 0 N–H and O–H groups in total. The van der Waals surface area contributed by atoms with Crippen LogP contribution in [0.2, 0.25) is 0 Å². The maximum absolute atomic E-state index is 12.5. The molecule has 0 aromatic heterocycles. The van der Waals surface area contributed by atoms with Gasteiger partial charge in [0.2, 0.25) is 0 Å². The Morgan fingerprint density at radius 1 is 0.750 bits per heavy atom. The van der Waals surface area contributed by atoms with E-state index in [0.29, 0.717) is 0 Å². The summed E-state index contributed by atoms with van der Waals surface area (Å²) in [6.07, 6.45) is -4.57. The van der Waals surface area contributed by atoms with Gasteiger partial charge in [-0.05, 0) is 22.8 Å². The van der Waals surface area contributed by atoms with Crippen molar-refractivity contribution in [3.8, 4) is 0 Å². The Balaban J connectivity index is 2.25. The van der Waals surface area contributed by atoms with E-state index in [1.807, 2.05) is 91.0 Å². The second kappa shape index (κ2) is 8.49. The molecule has 0 aliphatic heterocycles. The molecule has 0 aliphatic rings. The van der Waals surface area contributed by atoms with Crippen LogP contribution in [-0.2, 0) is 9.53 Å². The predicted molar refractivity (Wildman–Crippen MR) is 108 cm³/mol. The summed E-state index contributed by atoms with van der Waals surface area (Å²) in [6.45, 7) is -4.27. The van der Waals surface area contributed by atoms with Gasteiger partial charge in [-0.25, -0.2) is 4.79 Å². The highest BCUT2D eigenvalue weighted by atomic mass is 31.2. The van der Waals surface area contributed by atoms with Crippen LogP contribution in [0.25, 0.3) is 0 Å². The molecule has 2 nitrogen and oxygen atoms in total. The number of hydrogen-bond donors (Lipinski definition) is 0. The summed E-state index contributed by atoms with van der Waals surface area (Å²) in [5.41, 5.74) is 0. The van der Waals surface area contributed by atoms with E-state index < -0.39 is 25.6 Å². The Hall–Kier alpha value is -2.78. The van der Waals surface area contributed by atoms with Crippen LogP contribution in [0.15, 0.2) is 91.0 Å². The molecule has 3 aromatic carbocycles. The van der Waals surface area contributed by atoms with E-state index in [1.54, 1.807) is 0 Å². The highest BCUT2D eigenvalue weighted by molar-refractivity contribution is 7.95. The van der Waals surface area contributed by atoms with Crippen molar-refractivity contribution < 1.29 is 22.7 Å². The molecule has 0 amide bonds. The summed E-state index contributed by atoms with van der Waals surface area (Å²) in [6, 6.07) is 28.0. The lowest BCUT2D eigenvalue weighted by atomic mass is 10.4. The number of carbonyl (C=O) groups excluding carboxylic acids is 1. The van der Waals surface area contributed by atoms with Crippen molar-refractivity contribution in [2.75, 3.05) is 6.61 Å². The van der Waals surface area contributed by atoms with Crippen molar-refractivity contribution in [1.29, 1.82) is 0 Å². The summed E-state index contributed by atoms with van der Waals surface area (Å²) >= 11 is 0. The van der Waals surface area contributed by atoms with Crippen LogP contribution in [0.4, 0.5) is 13.2 Å². The van der Waals surface area contributed by atoms with Crippen LogP contribution in [0, 0.1) is 0 Å². The van der Waals surface area contributed by atoms with Crippen molar-refractivity contribution in [1.82, 2.24) is 0 Å². The van der Waals surface area contributed by atoms with E-state index >= 15 is 0 Å². The highest BCUT2D eigenvalue weighted by Gasteiger charge is 2.31. The number of carbonyl (C=O) groups is 1. The first-order valence-electron chi connectivity index (χ1n) is 8.57. The van der Waals surface area contributed by atoms with Gasteiger partial charge in [0, 0.05) is 5.80 Å². The largest absolute Gasteiger partial charge is 0.453 e. The molecule has 3 rings (SSSR count). The van der Waals surface area contributed by atoms with E-state index in [4.69, 9.17) is 0 Å². The van der Waals surface area contributed by atoms with Gasteiger partial charge < -0.3 is 4.74 Å². The normalized spacial score (nSPS) is 11.7. The number of esters is 1. The van der Waals surface area contributed by atoms with Crippen molar-refractivity contribution in [3.63, 3.8) is 0 Å². The second-order valence-electron chi connectivity index (χ2n) is 6.08. The number of rotatable bonds is 5.